The van der Waals surface area contributed by atoms with E-state index >= 15 is 0 Å². The summed E-state index contributed by atoms with van der Waals surface area (Å²) in [5, 5.41) is 2.84. The second-order valence-corrected chi connectivity index (χ2v) is 6.87. The lowest BCUT2D eigenvalue weighted by molar-refractivity contribution is -0.143. The predicted molar refractivity (Wildman–Crippen MR) is 109 cm³/mol. The molecule has 1 N–H and O–H groups in total. The molecular formula is C22H26FN3O2. The minimum Gasteiger partial charge on any atom is -0.368 e. The zero-order chi connectivity index (χ0) is 20.1. The van der Waals surface area contributed by atoms with Gasteiger partial charge in [0.25, 0.3) is 0 Å². The fraction of sp³-hybridized carbons (Fsp3) is 0.364. The van der Waals surface area contributed by atoms with E-state index in [4.69, 9.17) is 0 Å². The van der Waals surface area contributed by atoms with Gasteiger partial charge in [0, 0.05) is 37.6 Å². The summed E-state index contributed by atoms with van der Waals surface area (Å²) in [6.45, 7) is 6.19. The van der Waals surface area contributed by atoms with Crippen molar-refractivity contribution in [3.63, 3.8) is 0 Å². The van der Waals surface area contributed by atoms with Crippen molar-refractivity contribution in [1.29, 1.82) is 0 Å². The average Bonchev–Trinajstić information content (AvgIpc) is 2.74. The summed E-state index contributed by atoms with van der Waals surface area (Å²) < 4.78 is 13.1. The number of nitrogens with one attached hydrogen (secondary N) is 1. The molecule has 1 fully saturated rings. The van der Waals surface area contributed by atoms with Crippen LogP contribution in [0.25, 0.3) is 0 Å². The quantitative estimate of drug-likeness (QED) is 0.825. The third-order valence-corrected chi connectivity index (χ3v) is 5.19. The van der Waals surface area contributed by atoms with Gasteiger partial charge in [-0.05, 0) is 48.2 Å². The van der Waals surface area contributed by atoms with Gasteiger partial charge in [-0.25, -0.2) is 4.39 Å². The van der Waals surface area contributed by atoms with Crippen molar-refractivity contribution in [2.24, 2.45) is 0 Å². The maximum absolute atomic E-state index is 13.1. The minimum absolute atomic E-state index is 0.270. The zero-order valence-electron chi connectivity index (χ0n) is 16.4. The van der Waals surface area contributed by atoms with Gasteiger partial charge in [0.15, 0.2) is 0 Å². The van der Waals surface area contributed by atoms with E-state index in [9.17, 15) is 14.0 Å². The number of carbonyl (C=O) groups excluding carboxylic acids is 2. The maximum Gasteiger partial charge on any atom is 0.313 e. The van der Waals surface area contributed by atoms with Gasteiger partial charge in [0.2, 0.25) is 0 Å². The summed E-state index contributed by atoms with van der Waals surface area (Å²) in [5.74, 6) is -1.37. The highest BCUT2D eigenvalue weighted by atomic mass is 19.1. The van der Waals surface area contributed by atoms with Crippen molar-refractivity contribution < 1.29 is 14.0 Å². The molecule has 0 atom stereocenters. The molecule has 148 valence electrons. The Hall–Kier alpha value is -2.89. The number of rotatable bonds is 4. The van der Waals surface area contributed by atoms with Crippen LogP contribution < -0.4 is 10.2 Å². The molecule has 0 aliphatic carbocycles. The van der Waals surface area contributed by atoms with Crippen LogP contribution in [-0.2, 0) is 22.4 Å². The summed E-state index contributed by atoms with van der Waals surface area (Å²) in [6.07, 6.45) is 1.57. The van der Waals surface area contributed by atoms with Crippen molar-refractivity contribution in [2.75, 3.05) is 36.4 Å². The van der Waals surface area contributed by atoms with Gasteiger partial charge < -0.3 is 15.1 Å². The Morgan fingerprint density at radius 3 is 2.04 bits per heavy atom. The zero-order valence-corrected chi connectivity index (χ0v) is 16.4. The molecule has 3 rings (SSSR count). The molecule has 0 radical (unpaired) electrons. The fourth-order valence-corrected chi connectivity index (χ4v) is 3.53. The number of nitrogens with zero attached hydrogens (tertiary/aromatic N) is 2. The lowest BCUT2D eigenvalue weighted by atomic mass is 10.0. The number of hydrogen-bond donors (Lipinski definition) is 1. The summed E-state index contributed by atoms with van der Waals surface area (Å²) in [7, 11) is 0. The topological polar surface area (TPSA) is 52.7 Å². The Bertz CT molecular complexity index is 821. The first-order valence-corrected chi connectivity index (χ1v) is 9.75. The van der Waals surface area contributed by atoms with Gasteiger partial charge in [0.05, 0.1) is 0 Å². The molecule has 1 aliphatic heterocycles. The van der Waals surface area contributed by atoms with E-state index in [1.54, 1.807) is 17.0 Å². The van der Waals surface area contributed by atoms with E-state index in [-0.39, 0.29) is 5.82 Å². The van der Waals surface area contributed by atoms with Gasteiger partial charge in [-0.15, -0.1) is 0 Å². The molecule has 5 nitrogen and oxygen atoms in total. The Labute approximate surface area is 165 Å². The molecule has 2 aromatic carbocycles. The van der Waals surface area contributed by atoms with E-state index in [0.717, 1.165) is 35.3 Å². The molecule has 0 aromatic heterocycles. The third-order valence-electron chi connectivity index (χ3n) is 5.19. The SMILES string of the molecule is CCc1cccc(CC)c1NC(=O)C(=O)N1CCN(c2ccc(F)cc2)CC1. The standard InChI is InChI=1S/C22H26FN3O2/c1-3-16-6-5-7-17(4-2)20(16)24-21(27)22(28)26-14-12-25(13-15-26)19-10-8-18(23)9-11-19/h5-11H,3-4,12-15H2,1-2H3,(H,24,27). The van der Waals surface area contributed by atoms with Gasteiger partial charge in [-0.1, -0.05) is 32.0 Å². The summed E-state index contributed by atoms with van der Waals surface area (Å²) in [5.41, 5.74) is 3.74. The Morgan fingerprint density at radius 1 is 0.929 bits per heavy atom. The van der Waals surface area contributed by atoms with Crippen LogP contribution >= 0.6 is 0 Å². The Morgan fingerprint density at radius 2 is 1.50 bits per heavy atom. The largest absolute Gasteiger partial charge is 0.368 e. The number of carbonyl (C=O) groups is 2. The second kappa shape index (κ2) is 8.87. The number of piperazine rings is 1. The van der Waals surface area contributed by atoms with Crippen LogP contribution in [0, 0.1) is 5.82 Å². The number of anilines is 2. The molecule has 6 heteroatoms. The van der Waals surface area contributed by atoms with E-state index in [1.807, 2.05) is 32.0 Å². The van der Waals surface area contributed by atoms with Crippen LogP contribution in [0.3, 0.4) is 0 Å². The fourth-order valence-electron chi connectivity index (χ4n) is 3.53. The summed E-state index contributed by atoms with van der Waals surface area (Å²) >= 11 is 0. The Kier molecular flexibility index (Phi) is 6.29. The maximum atomic E-state index is 13.1. The van der Waals surface area contributed by atoms with Crippen LogP contribution in [0.15, 0.2) is 42.5 Å². The van der Waals surface area contributed by atoms with Gasteiger partial charge in [0.1, 0.15) is 5.82 Å². The molecule has 0 unspecified atom stereocenters. The number of halogens is 1. The lowest BCUT2D eigenvalue weighted by Crippen LogP contribution is -2.51. The number of hydrogen-bond acceptors (Lipinski definition) is 3. The second-order valence-electron chi connectivity index (χ2n) is 6.87. The van der Waals surface area contributed by atoms with Gasteiger partial charge in [-0.2, -0.15) is 0 Å². The molecule has 0 spiro atoms. The summed E-state index contributed by atoms with van der Waals surface area (Å²) in [4.78, 5) is 28.9. The molecule has 1 heterocycles. The molecule has 0 saturated carbocycles. The predicted octanol–water partition coefficient (Wildman–Crippen LogP) is 3.24. The van der Waals surface area contributed by atoms with Crippen molar-refractivity contribution >= 4 is 23.2 Å². The lowest BCUT2D eigenvalue weighted by Gasteiger charge is -2.35. The molecular weight excluding hydrogens is 357 g/mol. The molecule has 28 heavy (non-hydrogen) atoms. The van der Waals surface area contributed by atoms with E-state index in [1.165, 1.54) is 12.1 Å². The van der Waals surface area contributed by atoms with Crippen LogP contribution in [0.5, 0.6) is 0 Å². The highest BCUT2D eigenvalue weighted by Gasteiger charge is 2.27. The number of aryl methyl sites for hydroxylation is 2. The van der Waals surface area contributed by atoms with Crippen LogP contribution in [0.4, 0.5) is 15.8 Å². The minimum atomic E-state index is -0.592. The normalized spacial score (nSPS) is 14.1. The highest BCUT2D eigenvalue weighted by molar-refractivity contribution is 6.39. The number of amides is 2. The molecule has 2 amide bonds. The van der Waals surface area contributed by atoms with E-state index in [2.05, 4.69) is 10.2 Å². The van der Waals surface area contributed by atoms with Crippen LogP contribution in [-0.4, -0.2) is 42.9 Å². The van der Waals surface area contributed by atoms with E-state index in [0.29, 0.717) is 26.2 Å². The monoisotopic (exact) mass is 383 g/mol. The van der Waals surface area contributed by atoms with Crippen LogP contribution in [0.1, 0.15) is 25.0 Å². The first-order valence-electron chi connectivity index (χ1n) is 9.75. The van der Waals surface area contributed by atoms with Crippen molar-refractivity contribution in [2.45, 2.75) is 26.7 Å². The smallest absolute Gasteiger partial charge is 0.313 e. The molecule has 0 bridgehead atoms. The molecule has 1 saturated heterocycles. The van der Waals surface area contributed by atoms with Crippen molar-refractivity contribution in [3.8, 4) is 0 Å². The first-order chi connectivity index (χ1) is 13.5. The Balaban J connectivity index is 1.62. The van der Waals surface area contributed by atoms with E-state index < -0.39 is 11.8 Å². The number of benzene rings is 2. The van der Waals surface area contributed by atoms with Crippen molar-refractivity contribution in [3.05, 3.63) is 59.4 Å². The first kappa shape index (κ1) is 19.9. The number of para-hydroxylation sites is 1. The molecule has 2 aromatic rings. The van der Waals surface area contributed by atoms with Crippen LogP contribution in [0.2, 0.25) is 0 Å². The third kappa shape index (κ3) is 4.32. The summed E-state index contributed by atoms with van der Waals surface area (Å²) in [6, 6.07) is 12.2. The average molecular weight is 383 g/mol. The van der Waals surface area contributed by atoms with Crippen molar-refractivity contribution in [1.82, 2.24) is 4.90 Å². The van der Waals surface area contributed by atoms with Gasteiger partial charge >= 0.3 is 11.8 Å². The van der Waals surface area contributed by atoms with Gasteiger partial charge in [-0.3, -0.25) is 9.59 Å². The molecule has 1 aliphatic rings. The highest BCUT2D eigenvalue weighted by Crippen LogP contribution is 2.23.